The average molecular weight is 351 g/mol. The molecule has 0 unspecified atom stereocenters. The number of rotatable bonds is 7. The standard InChI is InChI=1S/C20H21N3O3/c1-3-15-6-10-18(11-7-15)25-13-19(24)21-17-8-4-16(5-9-17)12-20-23-22-14(2)26-20/h4-11H,3,12-13H2,1-2H3,(H,21,24). The Labute approximate surface area is 152 Å². The number of hydrogen-bond acceptors (Lipinski definition) is 5. The van der Waals surface area contributed by atoms with E-state index in [1.165, 1.54) is 5.56 Å². The van der Waals surface area contributed by atoms with Gasteiger partial charge < -0.3 is 14.5 Å². The fourth-order valence-electron chi connectivity index (χ4n) is 2.46. The number of nitrogens with one attached hydrogen (secondary N) is 1. The van der Waals surface area contributed by atoms with E-state index in [9.17, 15) is 4.79 Å². The van der Waals surface area contributed by atoms with Gasteiger partial charge in [-0.3, -0.25) is 4.79 Å². The van der Waals surface area contributed by atoms with Crippen LogP contribution in [-0.4, -0.2) is 22.7 Å². The molecule has 1 amide bonds. The van der Waals surface area contributed by atoms with Gasteiger partial charge in [-0.25, -0.2) is 0 Å². The molecule has 2 aromatic carbocycles. The molecule has 0 spiro atoms. The smallest absolute Gasteiger partial charge is 0.262 e. The highest BCUT2D eigenvalue weighted by molar-refractivity contribution is 5.91. The number of aromatic nitrogens is 2. The first-order valence-corrected chi connectivity index (χ1v) is 8.52. The minimum Gasteiger partial charge on any atom is -0.484 e. The average Bonchev–Trinajstić information content (AvgIpc) is 3.07. The summed E-state index contributed by atoms with van der Waals surface area (Å²) in [7, 11) is 0. The van der Waals surface area contributed by atoms with Gasteiger partial charge in [0.25, 0.3) is 5.91 Å². The second kappa shape index (κ2) is 8.29. The fourth-order valence-corrected chi connectivity index (χ4v) is 2.46. The van der Waals surface area contributed by atoms with Crippen molar-refractivity contribution >= 4 is 11.6 Å². The number of carbonyl (C=O) groups is 1. The van der Waals surface area contributed by atoms with Crippen molar-refractivity contribution in [3.63, 3.8) is 0 Å². The molecular formula is C20H21N3O3. The molecule has 1 N–H and O–H groups in total. The van der Waals surface area contributed by atoms with Crippen molar-refractivity contribution in [3.05, 3.63) is 71.4 Å². The molecule has 3 rings (SSSR count). The number of ether oxygens (including phenoxy) is 1. The van der Waals surface area contributed by atoms with Crippen molar-refractivity contribution < 1.29 is 13.9 Å². The van der Waals surface area contributed by atoms with E-state index in [0.717, 1.165) is 12.0 Å². The van der Waals surface area contributed by atoms with Crippen LogP contribution in [0, 0.1) is 6.92 Å². The van der Waals surface area contributed by atoms with Crippen molar-refractivity contribution in [1.82, 2.24) is 10.2 Å². The molecule has 1 aromatic heterocycles. The molecular weight excluding hydrogens is 330 g/mol. The first kappa shape index (κ1) is 17.7. The lowest BCUT2D eigenvalue weighted by atomic mass is 10.1. The molecule has 0 saturated heterocycles. The topological polar surface area (TPSA) is 77.2 Å². The third-order valence-corrected chi connectivity index (χ3v) is 3.86. The van der Waals surface area contributed by atoms with E-state index in [1.54, 1.807) is 6.92 Å². The highest BCUT2D eigenvalue weighted by Crippen LogP contribution is 2.14. The van der Waals surface area contributed by atoms with E-state index in [0.29, 0.717) is 29.6 Å². The Kier molecular flexibility index (Phi) is 5.63. The Hall–Kier alpha value is -3.15. The zero-order chi connectivity index (χ0) is 18.4. The van der Waals surface area contributed by atoms with Gasteiger partial charge in [-0.1, -0.05) is 31.2 Å². The minimum absolute atomic E-state index is 0.0332. The molecule has 0 aliphatic heterocycles. The molecule has 6 nitrogen and oxygen atoms in total. The quantitative estimate of drug-likeness (QED) is 0.704. The van der Waals surface area contributed by atoms with Crippen molar-refractivity contribution in [2.24, 2.45) is 0 Å². The minimum atomic E-state index is -0.204. The number of aryl methyl sites for hydroxylation is 2. The molecule has 6 heteroatoms. The first-order valence-electron chi connectivity index (χ1n) is 8.52. The Morgan fingerprint density at radius 1 is 1.04 bits per heavy atom. The van der Waals surface area contributed by atoms with Crippen molar-refractivity contribution in [3.8, 4) is 5.75 Å². The van der Waals surface area contributed by atoms with Crippen LogP contribution in [0.2, 0.25) is 0 Å². The van der Waals surface area contributed by atoms with Crippen LogP contribution in [0.15, 0.2) is 52.9 Å². The number of hydrogen-bond donors (Lipinski definition) is 1. The predicted molar refractivity (Wildman–Crippen MR) is 98.2 cm³/mol. The molecule has 134 valence electrons. The van der Waals surface area contributed by atoms with Gasteiger partial charge in [-0.2, -0.15) is 0 Å². The van der Waals surface area contributed by atoms with E-state index in [-0.39, 0.29) is 12.5 Å². The summed E-state index contributed by atoms with van der Waals surface area (Å²) in [6.45, 7) is 3.82. The number of amides is 1. The predicted octanol–water partition coefficient (Wildman–Crippen LogP) is 3.55. The summed E-state index contributed by atoms with van der Waals surface area (Å²) in [5.74, 6) is 1.60. The Bertz CT molecular complexity index is 855. The number of carbonyl (C=O) groups excluding carboxylic acids is 1. The van der Waals surface area contributed by atoms with Gasteiger partial charge in [0.2, 0.25) is 11.8 Å². The van der Waals surface area contributed by atoms with Crippen molar-refractivity contribution in [2.45, 2.75) is 26.7 Å². The van der Waals surface area contributed by atoms with E-state index in [1.807, 2.05) is 48.5 Å². The maximum atomic E-state index is 12.0. The molecule has 0 atom stereocenters. The molecule has 3 aromatic rings. The van der Waals surface area contributed by atoms with Crippen LogP contribution < -0.4 is 10.1 Å². The van der Waals surface area contributed by atoms with Crippen LogP contribution in [0.1, 0.15) is 29.8 Å². The van der Waals surface area contributed by atoms with Gasteiger partial charge in [-0.05, 0) is 41.8 Å². The van der Waals surface area contributed by atoms with E-state index < -0.39 is 0 Å². The molecule has 0 saturated carbocycles. The lowest BCUT2D eigenvalue weighted by Gasteiger charge is -2.08. The van der Waals surface area contributed by atoms with Crippen LogP contribution in [0.4, 0.5) is 5.69 Å². The number of nitrogens with zero attached hydrogens (tertiary/aromatic N) is 2. The summed E-state index contributed by atoms with van der Waals surface area (Å²) < 4.78 is 10.9. The van der Waals surface area contributed by atoms with Gasteiger partial charge in [0.1, 0.15) is 5.75 Å². The normalized spacial score (nSPS) is 10.5. The summed E-state index contributed by atoms with van der Waals surface area (Å²) in [5.41, 5.74) is 2.97. The summed E-state index contributed by atoms with van der Waals surface area (Å²) >= 11 is 0. The van der Waals surface area contributed by atoms with E-state index >= 15 is 0 Å². The molecule has 0 bridgehead atoms. The Balaban J connectivity index is 1.49. The lowest BCUT2D eigenvalue weighted by molar-refractivity contribution is -0.118. The number of anilines is 1. The molecule has 0 radical (unpaired) electrons. The second-order valence-electron chi connectivity index (χ2n) is 5.92. The van der Waals surface area contributed by atoms with Gasteiger partial charge >= 0.3 is 0 Å². The molecule has 1 heterocycles. The summed E-state index contributed by atoms with van der Waals surface area (Å²) in [6.07, 6.45) is 1.54. The fraction of sp³-hybridized carbons (Fsp3) is 0.250. The van der Waals surface area contributed by atoms with Crippen LogP contribution >= 0.6 is 0 Å². The lowest BCUT2D eigenvalue weighted by Crippen LogP contribution is -2.20. The van der Waals surface area contributed by atoms with Crippen LogP contribution in [0.3, 0.4) is 0 Å². The highest BCUT2D eigenvalue weighted by Gasteiger charge is 2.06. The maximum Gasteiger partial charge on any atom is 0.262 e. The third-order valence-electron chi connectivity index (χ3n) is 3.86. The van der Waals surface area contributed by atoms with Crippen molar-refractivity contribution in [1.29, 1.82) is 0 Å². The molecule has 0 aliphatic rings. The van der Waals surface area contributed by atoms with E-state index in [2.05, 4.69) is 22.4 Å². The zero-order valence-corrected chi connectivity index (χ0v) is 14.9. The van der Waals surface area contributed by atoms with Gasteiger partial charge in [0, 0.05) is 12.6 Å². The Morgan fingerprint density at radius 3 is 2.35 bits per heavy atom. The highest BCUT2D eigenvalue weighted by atomic mass is 16.5. The van der Waals surface area contributed by atoms with Crippen molar-refractivity contribution in [2.75, 3.05) is 11.9 Å². The monoisotopic (exact) mass is 351 g/mol. The van der Waals surface area contributed by atoms with Gasteiger partial charge in [0.15, 0.2) is 6.61 Å². The Morgan fingerprint density at radius 2 is 1.73 bits per heavy atom. The molecule has 26 heavy (non-hydrogen) atoms. The second-order valence-corrected chi connectivity index (χ2v) is 5.92. The summed E-state index contributed by atoms with van der Waals surface area (Å²) in [4.78, 5) is 12.0. The van der Waals surface area contributed by atoms with Crippen LogP contribution in [-0.2, 0) is 17.6 Å². The molecule has 0 fully saturated rings. The largest absolute Gasteiger partial charge is 0.484 e. The van der Waals surface area contributed by atoms with Crippen LogP contribution in [0.5, 0.6) is 5.75 Å². The van der Waals surface area contributed by atoms with Gasteiger partial charge in [-0.15, -0.1) is 10.2 Å². The van der Waals surface area contributed by atoms with Gasteiger partial charge in [0.05, 0.1) is 6.42 Å². The zero-order valence-electron chi connectivity index (χ0n) is 14.9. The number of benzene rings is 2. The van der Waals surface area contributed by atoms with Crippen LogP contribution in [0.25, 0.3) is 0 Å². The SMILES string of the molecule is CCc1ccc(OCC(=O)Nc2ccc(Cc3nnc(C)o3)cc2)cc1. The maximum absolute atomic E-state index is 12.0. The van der Waals surface area contributed by atoms with E-state index in [4.69, 9.17) is 9.15 Å². The first-order chi connectivity index (χ1) is 12.6. The molecule has 0 aliphatic carbocycles. The third kappa shape index (κ3) is 4.92. The summed E-state index contributed by atoms with van der Waals surface area (Å²) in [6, 6.07) is 15.3. The summed E-state index contributed by atoms with van der Waals surface area (Å²) in [5, 5.41) is 10.6.